The summed E-state index contributed by atoms with van der Waals surface area (Å²) in [6, 6.07) is 5.87. The Bertz CT molecular complexity index is 687. The van der Waals surface area contributed by atoms with Crippen molar-refractivity contribution in [1.29, 1.82) is 0 Å². The Hall–Kier alpha value is -2.08. The van der Waals surface area contributed by atoms with Gasteiger partial charge in [-0.2, -0.15) is 0 Å². The average Bonchev–Trinajstić information content (AvgIpc) is 3.26. The molecule has 1 amide bonds. The summed E-state index contributed by atoms with van der Waals surface area (Å²) in [5.41, 5.74) is 0.773. The van der Waals surface area contributed by atoms with E-state index in [1.54, 1.807) is 6.92 Å². The summed E-state index contributed by atoms with van der Waals surface area (Å²) < 4.78 is 7.24. The Morgan fingerprint density at radius 2 is 1.96 bits per heavy atom. The first-order chi connectivity index (χ1) is 11.6. The Kier molecular flexibility index (Phi) is 5.35. The van der Waals surface area contributed by atoms with E-state index >= 15 is 0 Å². The summed E-state index contributed by atoms with van der Waals surface area (Å²) in [7, 11) is 0. The van der Waals surface area contributed by atoms with Crippen LogP contribution in [0.25, 0.3) is 5.69 Å². The van der Waals surface area contributed by atoms with Crippen molar-refractivity contribution in [3.8, 4) is 5.69 Å². The third-order valence-electron chi connectivity index (χ3n) is 4.32. The molecule has 1 aliphatic carbocycles. The van der Waals surface area contributed by atoms with Gasteiger partial charge in [-0.05, 0) is 43.3 Å². The van der Waals surface area contributed by atoms with Crippen molar-refractivity contribution >= 4 is 23.2 Å². The topological polar surface area (TPSA) is 60.3 Å². The standard InChI is InChI=1S/C18H22N2O3S/c1-13(17(21)19-14-7-3-2-4-8-14)23-18(22)16-15(9-12-24-16)20-10-5-6-11-20/h5-6,9-14H,2-4,7-8H2,1H3,(H,19,21). The van der Waals surface area contributed by atoms with Gasteiger partial charge in [0.1, 0.15) is 4.88 Å². The summed E-state index contributed by atoms with van der Waals surface area (Å²) in [6.45, 7) is 1.62. The van der Waals surface area contributed by atoms with Gasteiger partial charge in [0.25, 0.3) is 5.91 Å². The van der Waals surface area contributed by atoms with Crippen molar-refractivity contribution in [2.24, 2.45) is 0 Å². The molecule has 5 nitrogen and oxygen atoms in total. The van der Waals surface area contributed by atoms with Gasteiger partial charge in [0.05, 0.1) is 5.69 Å². The van der Waals surface area contributed by atoms with Crippen molar-refractivity contribution in [2.45, 2.75) is 51.2 Å². The molecule has 3 rings (SSSR count). The number of carbonyl (C=O) groups excluding carboxylic acids is 2. The molecule has 1 fully saturated rings. The predicted octanol–water partition coefficient (Wildman–Crippen LogP) is 3.53. The van der Waals surface area contributed by atoms with Crippen molar-refractivity contribution in [1.82, 2.24) is 9.88 Å². The molecule has 1 saturated carbocycles. The number of carbonyl (C=O) groups is 2. The summed E-state index contributed by atoms with van der Waals surface area (Å²) in [4.78, 5) is 25.2. The molecular weight excluding hydrogens is 324 g/mol. The van der Waals surface area contributed by atoms with Gasteiger partial charge in [-0.15, -0.1) is 11.3 Å². The molecule has 0 bridgehead atoms. The zero-order chi connectivity index (χ0) is 16.9. The monoisotopic (exact) mass is 346 g/mol. The number of amides is 1. The number of hydrogen-bond acceptors (Lipinski definition) is 4. The molecule has 6 heteroatoms. The summed E-state index contributed by atoms with van der Waals surface area (Å²) in [6.07, 6.45) is 8.50. The van der Waals surface area contributed by atoms with Crippen LogP contribution in [-0.2, 0) is 9.53 Å². The van der Waals surface area contributed by atoms with Crippen LogP contribution >= 0.6 is 11.3 Å². The third kappa shape index (κ3) is 3.87. The van der Waals surface area contributed by atoms with Crippen molar-refractivity contribution < 1.29 is 14.3 Å². The minimum Gasteiger partial charge on any atom is -0.448 e. The van der Waals surface area contributed by atoms with Crippen LogP contribution in [0.15, 0.2) is 36.0 Å². The highest BCUT2D eigenvalue weighted by molar-refractivity contribution is 7.12. The van der Waals surface area contributed by atoms with E-state index < -0.39 is 12.1 Å². The second-order valence-electron chi connectivity index (χ2n) is 6.12. The minimum absolute atomic E-state index is 0.213. The highest BCUT2D eigenvalue weighted by atomic mass is 32.1. The molecule has 1 atom stereocenters. The van der Waals surface area contributed by atoms with E-state index in [1.165, 1.54) is 17.8 Å². The van der Waals surface area contributed by atoms with Crippen LogP contribution in [0.1, 0.15) is 48.7 Å². The highest BCUT2D eigenvalue weighted by Gasteiger charge is 2.24. The van der Waals surface area contributed by atoms with Crippen molar-refractivity contribution in [3.63, 3.8) is 0 Å². The SMILES string of the molecule is CC(OC(=O)c1sccc1-n1cccc1)C(=O)NC1CCCCC1. The maximum Gasteiger partial charge on any atom is 0.351 e. The first-order valence-electron chi connectivity index (χ1n) is 8.37. The number of nitrogens with zero attached hydrogens (tertiary/aromatic N) is 1. The van der Waals surface area contributed by atoms with Gasteiger partial charge < -0.3 is 14.6 Å². The van der Waals surface area contributed by atoms with Crippen molar-refractivity contribution in [2.75, 3.05) is 0 Å². The molecule has 1 aliphatic rings. The van der Waals surface area contributed by atoms with E-state index in [1.807, 2.05) is 40.5 Å². The quantitative estimate of drug-likeness (QED) is 0.843. The number of aromatic nitrogens is 1. The first-order valence-corrected chi connectivity index (χ1v) is 9.25. The molecule has 0 saturated heterocycles. The Morgan fingerprint density at radius 1 is 1.25 bits per heavy atom. The second kappa shape index (κ2) is 7.66. The van der Waals surface area contributed by atoms with Gasteiger partial charge in [0, 0.05) is 18.4 Å². The largest absolute Gasteiger partial charge is 0.448 e. The lowest BCUT2D eigenvalue weighted by molar-refractivity contribution is -0.130. The maximum absolute atomic E-state index is 12.4. The van der Waals surface area contributed by atoms with Crippen LogP contribution in [0.3, 0.4) is 0 Å². The van der Waals surface area contributed by atoms with Crippen LogP contribution in [0, 0.1) is 0 Å². The van der Waals surface area contributed by atoms with Crippen LogP contribution in [-0.4, -0.2) is 28.6 Å². The molecule has 2 aromatic heterocycles. The fourth-order valence-electron chi connectivity index (χ4n) is 2.99. The second-order valence-corrected chi connectivity index (χ2v) is 7.03. The van der Waals surface area contributed by atoms with Gasteiger partial charge >= 0.3 is 5.97 Å². The Morgan fingerprint density at radius 3 is 2.67 bits per heavy atom. The molecule has 0 aliphatic heterocycles. The van der Waals surface area contributed by atoms with Gasteiger partial charge in [-0.25, -0.2) is 4.79 Å². The first kappa shape index (κ1) is 16.8. The van der Waals surface area contributed by atoms with E-state index in [9.17, 15) is 9.59 Å². The van der Waals surface area contributed by atoms with Crippen LogP contribution in [0.2, 0.25) is 0 Å². The lowest BCUT2D eigenvalue weighted by Crippen LogP contribution is -2.42. The third-order valence-corrected chi connectivity index (χ3v) is 5.20. The smallest absolute Gasteiger partial charge is 0.351 e. The molecule has 2 aromatic rings. The van der Waals surface area contributed by atoms with E-state index in [0.717, 1.165) is 31.4 Å². The number of hydrogen-bond donors (Lipinski definition) is 1. The van der Waals surface area contributed by atoms with Crippen LogP contribution < -0.4 is 5.32 Å². The molecule has 1 N–H and O–H groups in total. The molecule has 0 spiro atoms. The van der Waals surface area contributed by atoms with Crippen LogP contribution in [0.4, 0.5) is 0 Å². The lowest BCUT2D eigenvalue weighted by Gasteiger charge is -2.24. The maximum atomic E-state index is 12.4. The van der Waals surface area contributed by atoms with E-state index in [-0.39, 0.29) is 11.9 Å². The van der Waals surface area contributed by atoms with E-state index in [2.05, 4.69) is 5.32 Å². The number of esters is 1. The summed E-state index contributed by atoms with van der Waals surface area (Å²) in [5, 5.41) is 4.84. The molecule has 1 unspecified atom stereocenters. The molecule has 24 heavy (non-hydrogen) atoms. The molecule has 128 valence electrons. The predicted molar refractivity (Wildman–Crippen MR) is 93.5 cm³/mol. The van der Waals surface area contributed by atoms with E-state index in [0.29, 0.717) is 4.88 Å². The Balaban J connectivity index is 1.60. The van der Waals surface area contributed by atoms with Crippen molar-refractivity contribution in [3.05, 3.63) is 40.8 Å². The molecular formula is C18H22N2O3S. The molecule has 0 radical (unpaired) electrons. The summed E-state index contributed by atoms with van der Waals surface area (Å²) in [5.74, 6) is -0.672. The van der Waals surface area contributed by atoms with Gasteiger partial charge in [0.15, 0.2) is 6.10 Å². The lowest BCUT2D eigenvalue weighted by atomic mass is 9.95. The molecule has 2 heterocycles. The number of thiophene rings is 1. The minimum atomic E-state index is -0.793. The average molecular weight is 346 g/mol. The van der Waals surface area contributed by atoms with Gasteiger partial charge in [-0.1, -0.05) is 19.3 Å². The Labute approximate surface area is 145 Å². The normalized spacial score (nSPS) is 16.5. The number of rotatable bonds is 5. The fraction of sp³-hybridized carbons (Fsp3) is 0.444. The van der Waals surface area contributed by atoms with Gasteiger partial charge in [0.2, 0.25) is 0 Å². The zero-order valence-electron chi connectivity index (χ0n) is 13.7. The number of ether oxygens (including phenoxy) is 1. The van der Waals surface area contributed by atoms with Crippen LogP contribution in [0.5, 0.6) is 0 Å². The van der Waals surface area contributed by atoms with E-state index in [4.69, 9.17) is 4.74 Å². The highest BCUT2D eigenvalue weighted by Crippen LogP contribution is 2.23. The summed E-state index contributed by atoms with van der Waals surface area (Å²) >= 11 is 1.32. The fourth-order valence-corrected chi connectivity index (χ4v) is 3.76. The zero-order valence-corrected chi connectivity index (χ0v) is 14.6. The number of nitrogens with one attached hydrogen (secondary N) is 1. The molecule has 0 aromatic carbocycles. The van der Waals surface area contributed by atoms with Gasteiger partial charge in [-0.3, -0.25) is 4.79 Å².